The Kier molecular flexibility index (Phi) is 5.41. The summed E-state index contributed by atoms with van der Waals surface area (Å²) in [4.78, 5) is 0. The molecule has 134 valence electrons. The summed E-state index contributed by atoms with van der Waals surface area (Å²) >= 11 is 5.96. The molecular weight excluding hydrogens is 365 g/mol. The van der Waals surface area contributed by atoms with Crippen LogP contribution in [0.3, 0.4) is 0 Å². The standard InChI is InChI=1S/C17H19ClFN3O2S/c1-22(11-15-16(18)3-2-4-17(15)19)25(23,24)21-8-12-5-6-13-9-20-10-14(13)7-12/h2-7,20-21H,8-11H2,1H3. The topological polar surface area (TPSA) is 61.4 Å². The van der Waals surface area contributed by atoms with E-state index < -0.39 is 16.0 Å². The molecule has 0 radical (unpaired) electrons. The third-order valence-corrected chi connectivity index (χ3v) is 6.03. The molecule has 25 heavy (non-hydrogen) atoms. The summed E-state index contributed by atoms with van der Waals surface area (Å²) in [5.41, 5.74) is 3.45. The van der Waals surface area contributed by atoms with Gasteiger partial charge in [0.15, 0.2) is 0 Å². The Hall–Kier alpha value is -1.51. The van der Waals surface area contributed by atoms with Gasteiger partial charge in [0.2, 0.25) is 0 Å². The maximum atomic E-state index is 13.8. The first-order chi connectivity index (χ1) is 11.9. The van der Waals surface area contributed by atoms with Crippen molar-refractivity contribution in [3.63, 3.8) is 0 Å². The number of halogens is 2. The fourth-order valence-electron chi connectivity index (χ4n) is 2.73. The number of hydrogen-bond donors (Lipinski definition) is 2. The van der Waals surface area contributed by atoms with Gasteiger partial charge < -0.3 is 5.32 Å². The third kappa shape index (κ3) is 4.19. The Balaban J connectivity index is 1.67. The number of rotatable bonds is 6. The van der Waals surface area contributed by atoms with Crippen LogP contribution in [0, 0.1) is 5.82 Å². The van der Waals surface area contributed by atoms with Crippen molar-refractivity contribution in [2.45, 2.75) is 26.2 Å². The summed E-state index contributed by atoms with van der Waals surface area (Å²) in [5.74, 6) is -0.527. The van der Waals surface area contributed by atoms with E-state index in [2.05, 4.69) is 10.0 Å². The molecule has 1 aliphatic heterocycles. The Morgan fingerprint density at radius 1 is 1.24 bits per heavy atom. The van der Waals surface area contributed by atoms with Crippen LogP contribution in [0.4, 0.5) is 4.39 Å². The van der Waals surface area contributed by atoms with Crippen molar-refractivity contribution in [2.24, 2.45) is 0 Å². The molecule has 2 N–H and O–H groups in total. The lowest BCUT2D eigenvalue weighted by Gasteiger charge is -2.19. The molecule has 5 nitrogen and oxygen atoms in total. The molecule has 0 unspecified atom stereocenters. The quantitative estimate of drug-likeness (QED) is 0.805. The van der Waals surface area contributed by atoms with E-state index in [9.17, 15) is 12.8 Å². The maximum Gasteiger partial charge on any atom is 0.279 e. The highest BCUT2D eigenvalue weighted by atomic mass is 35.5. The smallest absolute Gasteiger partial charge is 0.279 e. The van der Waals surface area contributed by atoms with Gasteiger partial charge in [0.05, 0.1) is 0 Å². The summed E-state index contributed by atoms with van der Waals surface area (Å²) in [6, 6.07) is 10.2. The number of nitrogens with zero attached hydrogens (tertiary/aromatic N) is 1. The fourth-order valence-corrected chi connectivity index (χ4v) is 3.83. The second-order valence-electron chi connectivity index (χ2n) is 5.99. The van der Waals surface area contributed by atoms with E-state index in [4.69, 9.17) is 11.6 Å². The molecule has 0 saturated heterocycles. The molecule has 1 heterocycles. The first kappa shape index (κ1) is 18.3. The molecular formula is C17H19ClFN3O2S. The van der Waals surface area contributed by atoms with Crippen LogP contribution in [-0.2, 0) is 36.4 Å². The van der Waals surface area contributed by atoms with Crippen LogP contribution in [0.5, 0.6) is 0 Å². The number of nitrogens with one attached hydrogen (secondary N) is 2. The average Bonchev–Trinajstić information content (AvgIpc) is 3.04. The zero-order valence-electron chi connectivity index (χ0n) is 13.7. The van der Waals surface area contributed by atoms with Crippen LogP contribution in [-0.4, -0.2) is 19.8 Å². The maximum absolute atomic E-state index is 13.8. The number of hydrogen-bond acceptors (Lipinski definition) is 3. The van der Waals surface area contributed by atoms with E-state index in [1.54, 1.807) is 0 Å². The number of fused-ring (bicyclic) bond motifs is 1. The van der Waals surface area contributed by atoms with Gasteiger partial charge in [-0.1, -0.05) is 35.9 Å². The van der Waals surface area contributed by atoms with E-state index in [-0.39, 0.29) is 23.7 Å². The van der Waals surface area contributed by atoms with E-state index in [1.807, 2.05) is 18.2 Å². The Labute approximate surface area is 152 Å². The van der Waals surface area contributed by atoms with Crippen molar-refractivity contribution in [3.8, 4) is 0 Å². The van der Waals surface area contributed by atoms with Crippen LogP contribution in [0.1, 0.15) is 22.3 Å². The van der Waals surface area contributed by atoms with Crippen LogP contribution in [0.15, 0.2) is 36.4 Å². The fraction of sp³-hybridized carbons (Fsp3) is 0.294. The van der Waals surface area contributed by atoms with Crippen LogP contribution < -0.4 is 10.0 Å². The molecule has 0 aliphatic carbocycles. The molecule has 2 aromatic carbocycles. The summed E-state index contributed by atoms with van der Waals surface area (Å²) in [6.07, 6.45) is 0. The van der Waals surface area contributed by atoms with Gasteiger partial charge >= 0.3 is 0 Å². The normalized spacial score (nSPS) is 14.1. The average molecular weight is 384 g/mol. The van der Waals surface area contributed by atoms with Gasteiger partial charge in [-0.3, -0.25) is 0 Å². The molecule has 3 rings (SSSR count). The van der Waals surface area contributed by atoms with E-state index in [0.29, 0.717) is 0 Å². The van der Waals surface area contributed by atoms with Crippen LogP contribution >= 0.6 is 11.6 Å². The summed E-state index contributed by atoms with van der Waals surface area (Å²) < 4.78 is 42.2. The lowest BCUT2D eigenvalue weighted by molar-refractivity contribution is 0.446. The Bertz CT molecular complexity index is 869. The minimum absolute atomic E-state index is 0.144. The van der Waals surface area contributed by atoms with Crippen molar-refractivity contribution in [3.05, 3.63) is 69.5 Å². The predicted molar refractivity (Wildman–Crippen MR) is 95.6 cm³/mol. The monoisotopic (exact) mass is 383 g/mol. The molecule has 0 fully saturated rings. The Morgan fingerprint density at radius 2 is 2.00 bits per heavy atom. The highest BCUT2D eigenvalue weighted by molar-refractivity contribution is 7.87. The minimum atomic E-state index is -3.76. The second kappa shape index (κ2) is 7.39. The van der Waals surface area contributed by atoms with Crippen molar-refractivity contribution < 1.29 is 12.8 Å². The third-order valence-electron chi connectivity index (χ3n) is 4.21. The van der Waals surface area contributed by atoms with Crippen LogP contribution in [0.25, 0.3) is 0 Å². The molecule has 0 amide bonds. The summed E-state index contributed by atoms with van der Waals surface area (Å²) in [5, 5.41) is 3.45. The summed E-state index contributed by atoms with van der Waals surface area (Å²) in [6.45, 7) is 1.66. The zero-order chi connectivity index (χ0) is 18.0. The molecule has 2 aromatic rings. The molecule has 0 saturated carbocycles. The van der Waals surface area contributed by atoms with Crippen molar-refractivity contribution >= 4 is 21.8 Å². The zero-order valence-corrected chi connectivity index (χ0v) is 15.3. The van der Waals surface area contributed by atoms with Gasteiger partial charge in [0.25, 0.3) is 10.2 Å². The van der Waals surface area contributed by atoms with Gasteiger partial charge in [-0.25, -0.2) is 4.39 Å². The van der Waals surface area contributed by atoms with Gasteiger partial charge in [-0.05, 0) is 28.8 Å². The van der Waals surface area contributed by atoms with E-state index in [0.717, 1.165) is 23.0 Å². The van der Waals surface area contributed by atoms with Crippen molar-refractivity contribution in [2.75, 3.05) is 7.05 Å². The lowest BCUT2D eigenvalue weighted by Crippen LogP contribution is -2.37. The molecule has 0 aromatic heterocycles. The predicted octanol–water partition coefficient (Wildman–Crippen LogP) is 2.55. The van der Waals surface area contributed by atoms with Gasteiger partial charge in [0.1, 0.15) is 5.82 Å². The van der Waals surface area contributed by atoms with Crippen molar-refractivity contribution in [1.29, 1.82) is 0 Å². The van der Waals surface area contributed by atoms with E-state index in [1.165, 1.54) is 36.4 Å². The van der Waals surface area contributed by atoms with Gasteiger partial charge in [0, 0.05) is 43.8 Å². The molecule has 1 aliphatic rings. The van der Waals surface area contributed by atoms with E-state index >= 15 is 0 Å². The summed E-state index contributed by atoms with van der Waals surface area (Å²) in [7, 11) is -2.38. The number of benzene rings is 2. The SMILES string of the molecule is CN(Cc1c(F)cccc1Cl)S(=O)(=O)NCc1ccc2c(c1)CNC2. The second-order valence-corrected chi connectivity index (χ2v) is 8.26. The van der Waals surface area contributed by atoms with Gasteiger partial charge in [-0.2, -0.15) is 17.4 Å². The highest BCUT2D eigenvalue weighted by Gasteiger charge is 2.20. The highest BCUT2D eigenvalue weighted by Crippen LogP contribution is 2.21. The van der Waals surface area contributed by atoms with Crippen LogP contribution in [0.2, 0.25) is 5.02 Å². The first-order valence-electron chi connectivity index (χ1n) is 7.82. The Morgan fingerprint density at radius 3 is 2.76 bits per heavy atom. The molecule has 0 spiro atoms. The minimum Gasteiger partial charge on any atom is -0.309 e. The largest absolute Gasteiger partial charge is 0.309 e. The van der Waals surface area contributed by atoms with Crippen molar-refractivity contribution in [1.82, 2.24) is 14.3 Å². The molecule has 0 bridgehead atoms. The lowest BCUT2D eigenvalue weighted by atomic mass is 10.1. The molecule has 0 atom stereocenters. The first-order valence-corrected chi connectivity index (χ1v) is 9.64. The molecule has 8 heteroatoms. The van der Waals surface area contributed by atoms with Gasteiger partial charge in [-0.15, -0.1) is 0 Å².